The van der Waals surface area contributed by atoms with Gasteiger partial charge in [-0.05, 0) is 23.6 Å². The Bertz CT molecular complexity index is 921. The van der Waals surface area contributed by atoms with Crippen LogP contribution in [0.5, 0.6) is 5.75 Å². The van der Waals surface area contributed by atoms with Gasteiger partial charge in [0.05, 0.1) is 19.4 Å². The van der Waals surface area contributed by atoms with Crippen molar-refractivity contribution in [2.45, 2.75) is 46.3 Å². The smallest absolute Gasteiger partial charge is 0.223 e. The van der Waals surface area contributed by atoms with Gasteiger partial charge in [-0.2, -0.15) is 0 Å². The Morgan fingerprint density at radius 2 is 1.90 bits per heavy atom. The molecule has 0 saturated heterocycles. The van der Waals surface area contributed by atoms with Gasteiger partial charge in [-0.25, -0.2) is 4.39 Å². The lowest BCUT2D eigenvalue weighted by Gasteiger charge is -2.28. The van der Waals surface area contributed by atoms with Crippen LogP contribution in [0.4, 0.5) is 4.39 Å². The molecule has 0 fully saturated rings. The normalized spacial score (nSPS) is 16.0. The maximum absolute atomic E-state index is 14.2. The van der Waals surface area contributed by atoms with Gasteiger partial charge in [0.15, 0.2) is 6.10 Å². The second-order valence-electron chi connectivity index (χ2n) is 8.77. The Morgan fingerprint density at radius 1 is 1.20 bits per heavy atom. The molecule has 1 aliphatic heterocycles. The number of oxime groups is 1. The molecule has 2 aromatic rings. The third-order valence-electron chi connectivity index (χ3n) is 4.93. The summed E-state index contributed by atoms with van der Waals surface area (Å²) < 4.78 is 19.6. The van der Waals surface area contributed by atoms with Crippen LogP contribution in [0.2, 0.25) is 0 Å². The summed E-state index contributed by atoms with van der Waals surface area (Å²) in [6, 6.07) is 14.2. The van der Waals surface area contributed by atoms with E-state index >= 15 is 0 Å². The van der Waals surface area contributed by atoms with Crippen molar-refractivity contribution in [3.63, 3.8) is 0 Å². The highest BCUT2D eigenvalue weighted by Crippen LogP contribution is 2.26. The molecule has 0 bridgehead atoms. The summed E-state index contributed by atoms with van der Waals surface area (Å²) in [5.74, 6) is 0.386. The first-order valence-electron chi connectivity index (χ1n) is 10.1. The molecule has 30 heavy (non-hydrogen) atoms. The lowest BCUT2D eigenvalue weighted by atomic mass is 9.91. The van der Waals surface area contributed by atoms with E-state index in [1.807, 2.05) is 45.0 Å². The maximum Gasteiger partial charge on any atom is 0.223 e. The van der Waals surface area contributed by atoms with Crippen molar-refractivity contribution in [3.8, 4) is 5.75 Å². The first-order chi connectivity index (χ1) is 14.3. The van der Waals surface area contributed by atoms with Crippen LogP contribution >= 0.6 is 0 Å². The number of hydrogen-bond donors (Lipinski definition) is 0. The Balaban J connectivity index is 1.73. The lowest BCUT2D eigenvalue weighted by molar-refractivity contribution is -0.135. The Hall–Kier alpha value is -2.89. The zero-order valence-electron chi connectivity index (χ0n) is 18.0. The summed E-state index contributed by atoms with van der Waals surface area (Å²) in [5.41, 5.74) is 1.99. The van der Waals surface area contributed by atoms with E-state index in [-0.39, 0.29) is 29.8 Å². The molecule has 0 spiro atoms. The molecule has 1 atom stereocenters. The van der Waals surface area contributed by atoms with Crippen LogP contribution in [0, 0.1) is 11.2 Å². The molecule has 6 heteroatoms. The minimum atomic E-state index is -0.315. The van der Waals surface area contributed by atoms with Gasteiger partial charge in [0.2, 0.25) is 5.91 Å². The standard InChI is InChI=1S/C24H29FN2O3/c1-24(2,3)14-23(28)27(15-17-9-5-7-11-20(17)25)16-18-13-21(26-30-18)19-10-6-8-12-22(19)29-4/h5-12,18H,13-16H2,1-4H3/t18-/m0/s1. The first-order valence-corrected chi connectivity index (χ1v) is 10.1. The Kier molecular flexibility index (Phi) is 6.75. The fourth-order valence-electron chi connectivity index (χ4n) is 3.47. The summed E-state index contributed by atoms with van der Waals surface area (Å²) in [5, 5.41) is 4.23. The number of carbonyl (C=O) groups is 1. The highest BCUT2D eigenvalue weighted by Gasteiger charge is 2.29. The highest BCUT2D eigenvalue weighted by molar-refractivity contribution is 6.03. The molecular formula is C24H29FN2O3. The summed E-state index contributed by atoms with van der Waals surface area (Å²) in [6.07, 6.45) is 0.631. The number of nitrogens with zero attached hydrogens (tertiary/aromatic N) is 2. The molecular weight excluding hydrogens is 383 g/mol. The molecule has 2 aromatic carbocycles. The fraction of sp³-hybridized carbons (Fsp3) is 0.417. The van der Waals surface area contributed by atoms with E-state index < -0.39 is 0 Å². The van der Waals surface area contributed by atoms with E-state index in [0.717, 1.165) is 17.0 Å². The summed E-state index contributed by atoms with van der Waals surface area (Å²) in [4.78, 5) is 20.3. The third-order valence-corrected chi connectivity index (χ3v) is 4.93. The van der Waals surface area contributed by atoms with E-state index in [1.165, 1.54) is 6.07 Å². The van der Waals surface area contributed by atoms with Crippen LogP contribution < -0.4 is 4.74 Å². The second-order valence-corrected chi connectivity index (χ2v) is 8.77. The molecule has 0 N–H and O–H groups in total. The number of rotatable bonds is 7. The van der Waals surface area contributed by atoms with E-state index in [2.05, 4.69) is 5.16 Å². The van der Waals surface area contributed by atoms with E-state index in [1.54, 1.807) is 30.2 Å². The van der Waals surface area contributed by atoms with E-state index in [0.29, 0.717) is 24.9 Å². The van der Waals surface area contributed by atoms with Crippen molar-refractivity contribution >= 4 is 11.6 Å². The van der Waals surface area contributed by atoms with Crippen molar-refractivity contribution < 1.29 is 18.8 Å². The van der Waals surface area contributed by atoms with Gasteiger partial charge < -0.3 is 14.5 Å². The number of para-hydroxylation sites is 1. The zero-order valence-corrected chi connectivity index (χ0v) is 18.0. The molecule has 0 radical (unpaired) electrons. The number of amides is 1. The summed E-state index contributed by atoms with van der Waals surface area (Å²) in [6.45, 7) is 6.58. The van der Waals surface area contributed by atoms with Crippen LogP contribution in [0.15, 0.2) is 53.7 Å². The quantitative estimate of drug-likeness (QED) is 0.657. The number of halogens is 1. The van der Waals surface area contributed by atoms with Crippen molar-refractivity contribution in [3.05, 3.63) is 65.5 Å². The van der Waals surface area contributed by atoms with Gasteiger partial charge in [0, 0.05) is 30.5 Å². The van der Waals surface area contributed by atoms with Crippen LogP contribution in [0.3, 0.4) is 0 Å². The molecule has 3 rings (SSSR count). The van der Waals surface area contributed by atoms with Crippen molar-refractivity contribution in [2.75, 3.05) is 13.7 Å². The van der Waals surface area contributed by atoms with Gasteiger partial charge in [-0.15, -0.1) is 0 Å². The van der Waals surface area contributed by atoms with Crippen molar-refractivity contribution in [1.29, 1.82) is 0 Å². The number of methoxy groups -OCH3 is 1. The van der Waals surface area contributed by atoms with Crippen LogP contribution in [0.25, 0.3) is 0 Å². The van der Waals surface area contributed by atoms with Crippen LogP contribution in [-0.4, -0.2) is 36.3 Å². The zero-order chi connectivity index (χ0) is 21.7. The van der Waals surface area contributed by atoms with Gasteiger partial charge in [0.1, 0.15) is 11.6 Å². The molecule has 1 amide bonds. The SMILES string of the molecule is COc1ccccc1C1=NO[C@H](CN(Cc2ccccc2F)C(=O)CC(C)(C)C)C1. The summed E-state index contributed by atoms with van der Waals surface area (Å²) >= 11 is 0. The number of benzene rings is 2. The molecule has 0 unspecified atom stereocenters. The third kappa shape index (κ3) is 5.59. The fourth-order valence-corrected chi connectivity index (χ4v) is 3.47. The maximum atomic E-state index is 14.2. The van der Waals surface area contributed by atoms with Gasteiger partial charge in [0.25, 0.3) is 0 Å². The molecule has 160 valence electrons. The van der Waals surface area contributed by atoms with Crippen molar-refractivity contribution in [2.24, 2.45) is 10.6 Å². The van der Waals surface area contributed by atoms with Gasteiger partial charge in [-0.3, -0.25) is 4.79 Å². The highest BCUT2D eigenvalue weighted by atomic mass is 19.1. The number of carbonyl (C=O) groups excluding carboxylic acids is 1. The predicted molar refractivity (Wildman–Crippen MR) is 115 cm³/mol. The lowest BCUT2D eigenvalue weighted by Crippen LogP contribution is -2.39. The average Bonchev–Trinajstić information content (AvgIpc) is 3.16. The molecule has 0 saturated carbocycles. The average molecular weight is 413 g/mol. The predicted octanol–water partition coefficient (Wildman–Crippen LogP) is 4.79. The van der Waals surface area contributed by atoms with Gasteiger partial charge in [-0.1, -0.05) is 56.3 Å². The minimum absolute atomic E-state index is 0.0277. The summed E-state index contributed by atoms with van der Waals surface area (Å²) in [7, 11) is 1.62. The Labute approximate surface area is 177 Å². The topological polar surface area (TPSA) is 51.1 Å². The van der Waals surface area contributed by atoms with E-state index in [9.17, 15) is 9.18 Å². The minimum Gasteiger partial charge on any atom is -0.496 e. The van der Waals surface area contributed by atoms with Gasteiger partial charge >= 0.3 is 0 Å². The molecule has 1 heterocycles. The largest absolute Gasteiger partial charge is 0.496 e. The van der Waals surface area contributed by atoms with E-state index in [4.69, 9.17) is 9.57 Å². The van der Waals surface area contributed by atoms with Crippen LogP contribution in [-0.2, 0) is 16.2 Å². The van der Waals surface area contributed by atoms with Crippen LogP contribution in [0.1, 0.15) is 44.7 Å². The number of hydrogen-bond acceptors (Lipinski definition) is 4. The number of ether oxygens (including phenoxy) is 1. The molecule has 5 nitrogen and oxygen atoms in total. The second kappa shape index (κ2) is 9.28. The molecule has 0 aromatic heterocycles. The molecule has 1 aliphatic rings. The Morgan fingerprint density at radius 3 is 2.60 bits per heavy atom. The monoisotopic (exact) mass is 412 g/mol. The molecule has 0 aliphatic carbocycles. The first kappa shape index (κ1) is 21.8. The van der Waals surface area contributed by atoms with Crippen molar-refractivity contribution in [1.82, 2.24) is 4.90 Å².